The van der Waals surface area contributed by atoms with Crippen LogP contribution in [0.25, 0.3) is 0 Å². The van der Waals surface area contributed by atoms with Gasteiger partial charge in [-0.1, -0.05) is 22.0 Å². The zero-order valence-corrected chi connectivity index (χ0v) is 14.7. The highest BCUT2D eigenvalue weighted by molar-refractivity contribution is 9.10. The molecular weight excluding hydrogens is 378 g/mol. The third-order valence-electron chi connectivity index (χ3n) is 3.20. The quantitative estimate of drug-likeness (QED) is 0.472. The molecule has 0 saturated carbocycles. The predicted octanol–water partition coefficient (Wildman–Crippen LogP) is 3.89. The highest BCUT2D eigenvalue weighted by Crippen LogP contribution is 2.32. The number of rotatable bonds is 3. The van der Waals surface area contributed by atoms with Crippen LogP contribution < -0.4 is 20.2 Å². The molecule has 0 fully saturated rings. The van der Waals surface area contributed by atoms with Crippen LogP contribution in [0.1, 0.15) is 12.5 Å². The molecule has 2 aromatic rings. The molecule has 7 heteroatoms. The molecule has 0 amide bonds. The molecule has 3 rings (SSSR count). The van der Waals surface area contributed by atoms with Crippen molar-refractivity contribution in [2.75, 3.05) is 12.1 Å². The lowest BCUT2D eigenvalue weighted by Gasteiger charge is -2.08. The van der Waals surface area contributed by atoms with Gasteiger partial charge in [0.15, 0.2) is 16.6 Å². The molecule has 1 heterocycles. The van der Waals surface area contributed by atoms with Gasteiger partial charge in [-0.3, -0.25) is 5.43 Å². The first-order valence-electron chi connectivity index (χ1n) is 6.89. The standard InChI is InChI=1S/C16H14BrN3O2S/c1-10(11-5-6-14-15(7-11)22-9-21-14)19-20-16(23)18-13-4-2-3-12(17)8-13/h2-8H,9H2,1H3,(H2,18,20,23)/b19-10-. The van der Waals surface area contributed by atoms with Crippen LogP contribution in [0.2, 0.25) is 0 Å². The second-order valence-corrected chi connectivity index (χ2v) is 6.17. The summed E-state index contributed by atoms with van der Waals surface area (Å²) in [5.74, 6) is 1.48. The van der Waals surface area contributed by atoms with E-state index in [1.54, 1.807) is 0 Å². The first-order chi connectivity index (χ1) is 11.1. The van der Waals surface area contributed by atoms with Gasteiger partial charge in [-0.15, -0.1) is 0 Å². The van der Waals surface area contributed by atoms with Gasteiger partial charge in [0.25, 0.3) is 0 Å². The molecule has 23 heavy (non-hydrogen) atoms. The van der Waals surface area contributed by atoms with E-state index in [0.29, 0.717) is 5.11 Å². The largest absolute Gasteiger partial charge is 0.454 e. The number of hydrogen-bond acceptors (Lipinski definition) is 4. The topological polar surface area (TPSA) is 54.9 Å². The van der Waals surface area contributed by atoms with Crippen LogP contribution in [0.4, 0.5) is 5.69 Å². The van der Waals surface area contributed by atoms with Crippen molar-refractivity contribution < 1.29 is 9.47 Å². The molecule has 2 aromatic carbocycles. The van der Waals surface area contributed by atoms with Gasteiger partial charge in [-0.2, -0.15) is 5.10 Å². The maximum absolute atomic E-state index is 5.36. The summed E-state index contributed by atoms with van der Waals surface area (Å²) < 4.78 is 11.6. The molecule has 118 valence electrons. The van der Waals surface area contributed by atoms with Crippen molar-refractivity contribution in [3.05, 3.63) is 52.5 Å². The van der Waals surface area contributed by atoms with Crippen molar-refractivity contribution in [1.29, 1.82) is 0 Å². The van der Waals surface area contributed by atoms with Gasteiger partial charge in [0.1, 0.15) is 0 Å². The molecule has 5 nitrogen and oxygen atoms in total. The minimum absolute atomic E-state index is 0.258. The fourth-order valence-electron chi connectivity index (χ4n) is 2.05. The lowest BCUT2D eigenvalue weighted by atomic mass is 10.1. The van der Waals surface area contributed by atoms with E-state index in [4.69, 9.17) is 21.7 Å². The van der Waals surface area contributed by atoms with Crippen LogP contribution in [0, 0.1) is 0 Å². The zero-order valence-electron chi connectivity index (χ0n) is 12.3. The van der Waals surface area contributed by atoms with E-state index >= 15 is 0 Å². The molecule has 0 atom stereocenters. The summed E-state index contributed by atoms with van der Waals surface area (Å²) in [7, 11) is 0. The molecule has 0 bridgehead atoms. The second kappa shape index (κ2) is 6.97. The Hall–Kier alpha value is -2.12. The number of anilines is 1. The van der Waals surface area contributed by atoms with Crippen LogP contribution in [0.15, 0.2) is 52.0 Å². The van der Waals surface area contributed by atoms with E-state index < -0.39 is 0 Å². The number of hydrogen-bond donors (Lipinski definition) is 2. The molecule has 0 spiro atoms. The maximum Gasteiger partial charge on any atom is 0.231 e. The lowest BCUT2D eigenvalue weighted by Crippen LogP contribution is -2.24. The summed E-state index contributed by atoms with van der Waals surface area (Å²) in [5.41, 5.74) is 5.45. The van der Waals surface area contributed by atoms with Gasteiger partial charge < -0.3 is 14.8 Å². The van der Waals surface area contributed by atoms with Crippen LogP contribution in [-0.4, -0.2) is 17.6 Å². The number of benzene rings is 2. The van der Waals surface area contributed by atoms with E-state index in [1.807, 2.05) is 49.4 Å². The Morgan fingerprint density at radius 2 is 2.00 bits per heavy atom. The van der Waals surface area contributed by atoms with Gasteiger partial charge in [0.2, 0.25) is 6.79 Å². The minimum atomic E-state index is 0.258. The van der Waals surface area contributed by atoms with Crippen LogP contribution >= 0.6 is 28.1 Å². The van der Waals surface area contributed by atoms with E-state index in [2.05, 4.69) is 31.8 Å². The highest BCUT2D eigenvalue weighted by atomic mass is 79.9. The molecule has 2 N–H and O–H groups in total. The Balaban J connectivity index is 1.63. The molecule has 0 radical (unpaired) electrons. The van der Waals surface area contributed by atoms with E-state index in [-0.39, 0.29) is 6.79 Å². The van der Waals surface area contributed by atoms with Crippen molar-refractivity contribution >= 4 is 44.7 Å². The Morgan fingerprint density at radius 1 is 1.17 bits per heavy atom. The highest BCUT2D eigenvalue weighted by Gasteiger charge is 2.14. The molecule has 0 aromatic heterocycles. The minimum Gasteiger partial charge on any atom is -0.454 e. The Kier molecular flexibility index (Phi) is 4.78. The lowest BCUT2D eigenvalue weighted by molar-refractivity contribution is 0.174. The number of thiocarbonyl (C=S) groups is 1. The van der Waals surface area contributed by atoms with Crippen LogP contribution in [0.3, 0.4) is 0 Å². The first-order valence-corrected chi connectivity index (χ1v) is 8.09. The third kappa shape index (κ3) is 4.00. The van der Waals surface area contributed by atoms with Crippen molar-refractivity contribution in [2.45, 2.75) is 6.92 Å². The van der Waals surface area contributed by atoms with Crippen LogP contribution in [-0.2, 0) is 0 Å². The smallest absolute Gasteiger partial charge is 0.231 e. The van der Waals surface area contributed by atoms with Gasteiger partial charge in [0, 0.05) is 15.7 Å². The molecule has 1 aliphatic rings. The van der Waals surface area contributed by atoms with Crippen molar-refractivity contribution in [1.82, 2.24) is 5.43 Å². The molecule has 0 saturated heterocycles. The fraction of sp³-hybridized carbons (Fsp3) is 0.125. The van der Waals surface area contributed by atoms with Gasteiger partial charge in [-0.05, 0) is 55.5 Å². The second-order valence-electron chi connectivity index (χ2n) is 4.84. The number of fused-ring (bicyclic) bond motifs is 1. The monoisotopic (exact) mass is 391 g/mol. The SMILES string of the molecule is C/C(=N/NC(=S)Nc1cccc(Br)c1)c1ccc2c(c1)OCO2. The van der Waals surface area contributed by atoms with Gasteiger partial charge in [-0.25, -0.2) is 0 Å². The normalized spacial score (nSPS) is 12.9. The average molecular weight is 392 g/mol. The fourth-order valence-corrected chi connectivity index (χ4v) is 2.61. The van der Waals surface area contributed by atoms with Crippen molar-refractivity contribution in [3.63, 3.8) is 0 Å². The zero-order chi connectivity index (χ0) is 16.2. The van der Waals surface area contributed by atoms with Gasteiger partial charge in [0.05, 0.1) is 5.71 Å². The van der Waals surface area contributed by atoms with Crippen molar-refractivity contribution in [3.8, 4) is 11.5 Å². The summed E-state index contributed by atoms with van der Waals surface area (Å²) in [6.45, 7) is 2.15. The maximum atomic E-state index is 5.36. The summed E-state index contributed by atoms with van der Waals surface area (Å²) in [6, 6.07) is 13.4. The van der Waals surface area contributed by atoms with E-state index in [0.717, 1.165) is 32.9 Å². The summed E-state index contributed by atoms with van der Waals surface area (Å²) in [6.07, 6.45) is 0. The summed E-state index contributed by atoms with van der Waals surface area (Å²) in [4.78, 5) is 0. The number of nitrogens with one attached hydrogen (secondary N) is 2. The predicted molar refractivity (Wildman–Crippen MR) is 98.3 cm³/mol. The van der Waals surface area contributed by atoms with E-state index in [9.17, 15) is 0 Å². The number of ether oxygens (including phenoxy) is 2. The van der Waals surface area contributed by atoms with Crippen LogP contribution in [0.5, 0.6) is 11.5 Å². The Bertz CT molecular complexity index is 780. The molecule has 1 aliphatic heterocycles. The Labute approximate surface area is 147 Å². The van der Waals surface area contributed by atoms with E-state index in [1.165, 1.54) is 0 Å². The Morgan fingerprint density at radius 3 is 2.83 bits per heavy atom. The number of halogens is 1. The summed E-state index contributed by atoms with van der Waals surface area (Å²) in [5, 5.41) is 7.78. The third-order valence-corrected chi connectivity index (χ3v) is 3.88. The molecule has 0 aliphatic carbocycles. The number of nitrogens with zero attached hydrogens (tertiary/aromatic N) is 1. The van der Waals surface area contributed by atoms with Crippen molar-refractivity contribution in [2.24, 2.45) is 5.10 Å². The molecule has 0 unspecified atom stereocenters. The molecular formula is C16H14BrN3O2S. The summed E-state index contributed by atoms with van der Waals surface area (Å²) >= 11 is 8.65. The number of hydrazone groups is 1. The first kappa shape index (κ1) is 15.8. The van der Waals surface area contributed by atoms with Gasteiger partial charge >= 0.3 is 0 Å². The average Bonchev–Trinajstić information content (AvgIpc) is 3.00.